The molecule has 1 aromatic carbocycles. The van der Waals surface area contributed by atoms with Gasteiger partial charge in [0.1, 0.15) is 17.2 Å². The number of hydrogen-bond acceptors (Lipinski definition) is 3. The topological polar surface area (TPSA) is 38.7 Å². The van der Waals surface area contributed by atoms with Crippen LogP contribution < -0.4 is 4.74 Å². The Hall–Kier alpha value is -1.64. The molecule has 0 saturated heterocycles. The second-order valence-electron chi connectivity index (χ2n) is 4.68. The number of aliphatic imine (C=N–C) groups is 1. The van der Waals surface area contributed by atoms with Crippen molar-refractivity contribution in [1.82, 2.24) is 0 Å². The van der Waals surface area contributed by atoms with E-state index in [-0.39, 0.29) is 11.7 Å². The Morgan fingerprint density at radius 2 is 2.11 bits per heavy atom. The smallest absolute Gasteiger partial charge is 0.144 e. The van der Waals surface area contributed by atoms with Crippen LogP contribution in [0.5, 0.6) is 5.75 Å². The van der Waals surface area contributed by atoms with E-state index in [4.69, 9.17) is 4.74 Å². The van der Waals surface area contributed by atoms with E-state index in [1.807, 2.05) is 24.3 Å². The van der Waals surface area contributed by atoms with Gasteiger partial charge < -0.3 is 4.74 Å². The molecule has 1 aliphatic rings. The number of ketones is 1. The molecule has 0 N–H and O–H groups in total. The normalized spacial score (nSPS) is 21.9. The van der Waals surface area contributed by atoms with Gasteiger partial charge in [0.15, 0.2) is 0 Å². The highest BCUT2D eigenvalue weighted by Crippen LogP contribution is 2.30. The highest BCUT2D eigenvalue weighted by Gasteiger charge is 2.24. The summed E-state index contributed by atoms with van der Waals surface area (Å²) in [7, 11) is 1.64. The molecule has 0 bridgehead atoms. The van der Waals surface area contributed by atoms with E-state index in [2.05, 4.69) is 4.99 Å². The van der Waals surface area contributed by atoms with Crippen LogP contribution in [0.15, 0.2) is 29.3 Å². The number of hydrogen-bond donors (Lipinski definition) is 0. The van der Waals surface area contributed by atoms with Gasteiger partial charge in [-0.25, -0.2) is 0 Å². The fraction of sp³-hybridized carbons (Fsp3) is 0.467. The lowest BCUT2D eigenvalue weighted by atomic mass is 9.84. The number of carbonyl (C=O) groups is 1. The molecule has 1 saturated carbocycles. The van der Waals surface area contributed by atoms with Crippen LogP contribution in [0.2, 0.25) is 0 Å². The van der Waals surface area contributed by atoms with Gasteiger partial charge in [-0.3, -0.25) is 9.79 Å². The summed E-state index contributed by atoms with van der Waals surface area (Å²) in [6.45, 7) is 1.66. The van der Waals surface area contributed by atoms with Crippen LogP contribution in [-0.2, 0) is 4.79 Å². The van der Waals surface area contributed by atoms with Gasteiger partial charge in [0.05, 0.1) is 13.0 Å². The fourth-order valence-electron chi connectivity index (χ4n) is 2.44. The lowest BCUT2D eigenvalue weighted by Crippen LogP contribution is -2.25. The molecular formula is C15H19NO2. The Kier molecular flexibility index (Phi) is 4.13. The highest BCUT2D eigenvalue weighted by molar-refractivity contribution is 6.05. The maximum atomic E-state index is 11.6. The predicted octanol–water partition coefficient (Wildman–Crippen LogP) is 3.55. The summed E-state index contributed by atoms with van der Waals surface area (Å²) < 4.78 is 5.29. The maximum Gasteiger partial charge on any atom is 0.144 e. The van der Waals surface area contributed by atoms with Gasteiger partial charge in [0, 0.05) is 5.71 Å². The minimum absolute atomic E-state index is 0.00339. The third kappa shape index (κ3) is 2.78. The molecule has 0 amide bonds. The number of nitrogens with zero attached hydrogens (tertiary/aromatic N) is 1. The molecule has 3 heteroatoms. The van der Waals surface area contributed by atoms with E-state index in [1.165, 1.54) is 0 Å². The Bertz CT molecular complexity index is 465. The van der Waals surface area contributed by atoms with Gasteiger partial charge in [-0.1, -0.05) is 18.6 Å². The molecule has 96 valence electrons. The molecule has 0 radical (unpaired) electrons. The Morgan fingerprint density at radius 1 is 1.33 bits per heavy atom. The van der Waals surface area contributed by atoms with Gasteiger partial charge in [0.2, 0.25) is 0 Å². The average Bonchev–Trinajstić information content (AvgIpc) is 2.40. The van der Waals surface area contributed by atoms with Gasteiger partial charge in [-0.15, -0.1) is 0 Å². The molecule has 0 aromatic heterocycles. The molecule has 0 heterocycles. The molecule has 2 rings (SSSR count). The molecular weight excluding hydrogens is 226 g/mol. The molecule has 1 aliphatic carbocycles. The van der Waals surface area contributed by atoms with Gasteiger partial charge >= 0.3 is 0 Å². The van der Waals surface area contributed by atoms with Crippen molar-refractivity contribution in [1.29, 1.82) is 0 Å². The van der Waals surface area contributed by atoms with E-state index < -0.39 is 0 Å². The fourth-order valence-corrected chi connectivity index (χ4v) is 2.44. The Balaban J connectivity index is 2.32. The zero-order chi connectivity index (χ0) is 13.0. The van der Waals surface area contributed by atoms with Crippen molar-refractivity contribution in [2.75, 3.05) is 7.11 Å². The number of benzene rings is 1. The summed E-state index contributed by atoms with van der Waals surface area (Å²) in [6.07, 6.45) is 4.10. The Morgan fingerprint density at radius 3 is 2.83 bits per heavy atom. The SMILES string of the molecule is COc1ccccc1N=C1CCCCC1C(C)=O. The van der Waals surface area contributed by atoms with Crippen molar-refractivity contribution in [2.45, 2.75) is 32.6 Å². The molecule has 1 atom stereocenters. The van der Waals surface area contributed by atoms with E-state index in [9.17, 15) is 4.79 Å². The van der Waals surface area contributed by atoms with E-state index in [1.54, 1.807) is 14.0 Å². The quantitative estimate of drug-likeness (QED) is 0.816. The van der Waals surface area contributed by atoms with Crippen LogP contribution in [0, 0.1) is 5.92 Å². The summed E-state index contributed by atoms with van der Waals surface area (Å²) in [5.41, 5.74) is 1.83. The third-order valence-electron chi connectivity index (χ3n) is 3.42. The second kappa shape index (κ2) is 5.80. The average molecular weight is 245 g/mol. The Labute approximate surface area is 108 Å². The number of ether oxygens (including phenoxy) is 1. The number of para-hydroxylation sites is 2. The lowest BCUT2D eigenvalue weighted by Gasteiger charge is -2.22. The van der Waals surface area contributed by atoms with Crippen molar-refractivity contribution >= 4 is 17.2 Å². The minimum atomic E-state index is 0.00339. The van der Waals surface area contributed by atoms with Gasteiger partial charge in [0.25, 0.3) is 0 Å². The van der Waals surface area contributed by atoms with Crippen LogP contribution in [0.1, 0.15) is 32.6 Å². The molecule has 1 fully saturated rings. The first-order chi connectivity index (χ1) is 8.72. The predicted molar refractivity (Wildman–Crippen MR) is 72.7 cm³/mol. The molecule has 0 spiro atoms. The summed E-state index contributed by atoms with van der Waals surface area (Å²) in [6, 6.07) is 7.68. The van der Waals surface area contributed by atoms with Crippen molar-refractivity contribution in [3.05, 3.63) is 24.3 Å². The van der Waals surface area contributed by atoms with Crippen molar-refractivity contribution in [3.63, 3.8) is 0 Å². The molecule has 3 nitrogen and oxygen atoms in total. The van der Waals surface area contributed by atoms with Crippen LogP contribution >= 0.6 is 0 Å². The zero-order valence-corrected chi connectivity index (χ0v) is 11.0. The molecule has 1 aromatic rings. The van der Waals surface area contributed by atoms with Crippen LogP contribution in [0.4, 0.5) is 5.69 Å². The van der Waals surface area contributed by atoms with Crippen molar-refractivity contribution in [2.24, 2.45) is 10.9 Å². The second-order valence-corrected chi connectivity index (χ2v) is 4.68. The summed E-state index contributed by atoms with van der Waals surface area (Å²) in [5, 5.41) is 0. The van der Waals surface area contributed by atoms with Gasteiger partial charge in [-0.05, 0) is 38.3 Å². The largest absolute Gasteiger partial charge is 0.494 e. The first-order valence-corrected chi connectivity index (χ1v) is 6.43. The lowest BCUT2D eigenvalue weighted by molar-refractivity contribution is -0.119. The summed E-state index contributed by atoms with van der Waals surface area (Å²) in [5.74, 6) is 0.991. The minimum Gasteiger partial charge on any atom is -0.494 e. The number of Topliss-reactive ketones (excluding diaryl/α,β-unsaturated/α-hetero) is 1. The molecule has 0 aliphatic heterocycles. The number of carbonyl (C=O) groups excluding carboxylic acids is 1. The first-order valence-electron chi connectivity index (χ1n) is 6.43. The zero-order valence-electron chi connectivity index (χ0n) is 11.0. The number of methoxy groups -OCH3 is 1. The standard InChI is InChI=1S/C15H19NO2/c1-11(17)12-7-3-4-8-13(12)16-14-9-5-6-10-15(14)18-2/h5-6,9-10,12H,3-4,7-8H2,1-2H3. The third-order valence-corrected chi connectivity index (χ3v) is 3.42. The van der Waals surface area contributed by atoms with E-state index >= 15 is 0 Å². The van der Waals surface area contributed by atoms with E-state index in [0.717, 1.165) is 42.8 Å². The van der Waals surface area contributed by atoms with Crippen molar-refractivity contribution < 1.29 is 9.53 Å². The summed E-state index contributed by atoms with van der Waals surface area (Å²) >= 11 is 0. The highest BCUT2D eigenvalue weighted by atomic mass is 16.5. The summed E-state index contributed by atoms with van der Waals surface area (Å²) in [4.78, 5) is 16.3. The van der Waals surface area contributed by atoms with E-state index in [0.29, 0.717) is 0 Å². The molecule has 1 unspecified atom stereocenters. The van der Waals surface area contributed by atoms with Crippen LogP contribution in [0.3, 0.4) is 0 Å². The molecule has 18 heavy (non-hydrogen) atoms. The number of rotatable bonds is 3. The monoisotopic (exact) mass is 245 g/mol. The maximum absolute atomic E-state index is 11.6. The van der Waals surface area contributed by atoms with Gasteiger partial charge in [-0.2, -0.15) is 0 Å². The van der Waals surface area contributed by atoms with Crippen LogP contribution in [0.25, 0.3) is 0 Å². The van der Waals surface area contributed by atoms with Crippen molar-refractivity contribution in [3.8, 4) is 5.75 Å². The van der Waals surface area contributed by atoms with Crippen LogP contribution in [-0.4, -0.2) is 18.6 Å². The first kappa shape index (κ1) is 12.8.